The van der Waals surface area contributed by atoms with Crippen molar-refractivity contribution in [2.24, 2.45) is 0 Å². The molecule has 0 bridgehead atoms. The number of pyridine rings is 1. The highest BCUT2D eigenvalue weighted by atomic mass is 16.5. The van der Waals surface area contributed by atoms with Gasteiger partial charge in [0.2, 0.25) is 11.8 Å². The van der Waals surface area contributed by atoms with Crippen LogP contribution in [0.25, 0.3) is 0 Å². The van der Waals surface area contributed by atoms with Crippen LogP contribution in [0.4, 0.5) is 0 Å². The van der Waals surface area contributed by atoms with E-state index in [-0.39, 0.29) is 35.8 Å². The van der Waals surface area contributed by atoms with Crippen LogP contribution in [0, 0.1) is 0 Å². The summed E-state index contributed by atoms with van der Waals surface area (Å²) in [5.74, 6) is 1.02. The van der Waals surface area contributed by atoms with E-state index in [2.05, 4.69) is 10.3 Å². The van der Waals surface area contributed by atoms with E-state index in [1.807, 2.05) is 18.2 Å². The summed E-state index contributed by atoms with van der Waals surface area (Å²) in [6, 6.07) is 8.70. The van der Waals surface area contributed by atoms with Gasteiger partial charge in [0.05, 0.1) is 28.4 Å². The summed E-state index contributed by atoms with van der Waals surface area (Å²) in [4.78, 5) is 28.9. The zero-order valence-electron chi connectivity index (χ0n) is 19.5. The quantitative estimate of drug-likeness (QED) is 0.602. The normalized spacial score (nSPS) is 19.8. The smallest absolute Gasteiger partial charge is 0.302 e. The van der Waals surface area contributed by atoms with Crippen LogP contribution in [0.5, 0.6) is 23.3 Å². The van der Waals surface area contributed by atoms with Gasteiger partial charge in [0.15, 0.2) is 11.5 Å². The molecular formula is C24H30N2O7. The van der Waals surface area contributed by atoms with E-state index in [4.69, 9.17) is 23.7 Å². The number of carbonyl (C=O) groups is 2. The number of aromatic nitrogens is 1. The van der Waals surface area contributed by atoms with E-state index in [0.717, 1.165) is 5.56 Å². The zero-order valence-corrected chi connectivity index (χ0v) is 19.5. The molecule has 1 aliphatic carbocycles. The minimum atomic E-state index is -0.317. The Morgan fingerprint density at radius 2 is 1.70 bits per heavy atom. The summed E-state index contributed by atoms with van der Waals surface area (Å²) in [5.41, 5.74) is 1.26. The molecule has 0 radical (unpaired) electrons. The molecule has 1 aromatic carbocycles. The predicted octanol–water partition coefficient (Wildman–Crippen LogP) is 3.11. The van der Waals surface area contributed by atoms with Gasteiger partial charge in [-0.2, -0.15) is 4.98 Å². The highest BCUT2D eigenvalue weighted by molar-refractivity contribution is 5.96. The van der Waals surface area contributed by atoms with Crippen LogP contribution < -0.4 is 24.3 Å². The van der Waals surface area contributed by atoms with Crippen molar-refractivity contribution in [3.63, 3.8) is 0 Å². The van der Waals surface area contributed by atoms with E-state index >= 15 is 0 Å². The molecule has 9 nitrogen and oxygen atoms in total. The van der Waals surface area contributed by atoms with Crippen LogP contribution in [-0.4, -0.2) is 57.4 Å². The minimum Gasteiger partial charge on any atom is -0.493 e. The second kappa shape index (κ2) is 10.9. The summed E-state index contributed by atoms with van der Waals surface area (Å²) in [6.07, 6.45) is 1.62. The molecule has 1 saturated carbocycles. The van der Waals surface area contributed by atoms with E-state index in [0.29, 0.717) is 42.2 Å². The van der Waals surface area contributed by atoms with Gasteiger partial charge in [0.1, 0.15) is 11.7 Å². The number of rotatable bonds is 8. The third kappa shape index (κ3) is 5.66. The van der Waals surface area contributed by atoms with E-state index in [1.54, 1.807) is 26.4 Å². The molecule has 3 rings (SSSR count). The Labute approximate surface area is 193 Å². The Bertz CT molecular complexity index is 995. The number of benzene rings is 1. The van der Waals surface area contributed by atoms with Crippen LogP contribution in [0.3, 0.4) is 0 Å². The molecule has 3 atom stereocenters. The number of hydrogen-bond donors (Lipinski definition) is 1. The molecule has 1 N–H and O–H groups in total. The largest absolute Gasteiger partial charge is 0.493 e. The third-order valence-corrected chi connectivity index (χ3v) is 5.77. The number of esters is 1. The summed E-state index contributed by atoms with van der Waals surface area (Å²) < 4.78 is 26.7. The Kier molecular flexibility index (Phi) is 7.97. The fraction of sp³-hybridized carbons (Fsp3) is 0.458. The minimum absolute atomic E-state index is 0.107. The maximum Gasteiger partial charge on any atom is 0.302 e. The molecular weight excluding hydrogens is 428 g/mol. The Morgan fingerprint density at radius 1 is 0.939 bits per heavy atom. The summed E-state index contributed by atoms with van der Waals surface area (Å²) in [7, 11) is 6.10. The third-order valence-electron chi connectivity index (χ3n) is 5.77. The molecule has 33 heavy (non-hydrogen) atoms. The molecule has 1 heterocycles. The number of carbonyl (C=O) groups excluding carboxylic acids is 2. The van der Waals surface area contributed by atoms with Gasteiger partial charge >= 0.3 is 5.97 Å². The van der Waals surface area contributed by atoms with Gasteiger partial charge in [-0.3, -0.25) is 9.59 Å². The SMILES string of the molecule is COc1ccc(C(=O)NC2CCC(OC(C)=O)CC2c2ccc(OC)c(OC)c2)c(OC)n1. The second-order valence-electron chi connectivity index (χ2n) is 7.76. The van der Waals surface area contributed by atoms with E-state index < -0.39 is 0 Å². The zero-order chi connectivity index (χ0) is 24.0. The first-order valence-corrected chi connectivity index (χ1v) is 10.7. The van der Waals surface area contributed by atoms with E-state index in [1.165, 1.54) is 21.1 Å². The fourth-order valence-electron chi connectivity index (χ4n) is 4.21. The van der Waals surface area contributed by atoms with Crippen molar-refractivity contribution in [3.8, 4) is 23.3 Å². The second-order valence-corrected chi connectivity index (χ2v) is 7.76. The lowest BCUT2D eigenvalue weighted by molar-refractivity contribution is -0.148. The Balaban J connectivity index is 1.89. The van der Waals surface area contributed by atoms with Gasteiger partial charge < -0.3 is 29.0 Å². The maximum atomic E-state index is 13.1. The first-order chi connectivity index (χ1) is 15.9. The van der Waals surface area contributed by atoms with Gasteiger partial charge in [0.25, 0.3) is 5.91 Å². The molecule has 1 aromatic heterocycles. The van der Waals surface area contributed by atoms with Crippen LogP contribution in [-0.2, 0) is 9.53 Å². The standard InChI is InChI=1S/C24H30N2O7/c1-14(27)33-16-7-9-19(18(13-16)15-6-10-20(29-2)21(12-15)30-3)25-23(28)17-8-11-22(31-4)26-24(17)32-5/h6,8,10-12,16,18-19H,7,9,13H2,1-5H3,(H,25,28). The predicted molar refractivity (Wildman–Crippen MR) is 120 cm³/mol. The molecule has 2 aromatic rings. The van der Waals surface area contributed by atoms with Crippen molar-refractivity contribution in [1.29, 1.82) is 0 Å². The molecule has 1 fully saturated rings. The highest BCUT2D eigenvalue weighted by Gasteiger charge is 2.35. The molecule has 0 saturated heterocycles. The Hall–Kier alpha value is -3.49. The van der Waals surface area contributed by atoms with Crippen molar-refractivity contribution in [1.82, 2.24) is 10.3 Å². The lowest BCUT2D eigenvalue weighted by Gasteiger charge is -2.36. The van der Waals surface area contributed by atoms with Gasteiger partial charge in [-0.25, -0.2) is 0 Å². The van der Waals surface area contributed by atoms with Crippen LogP contribution in [0.15, 0.2) is 30.3 Å². The number of hydrogen-bond acceptors (Lipinski definition) is 8. The van der Waals surface area contributed by atoms with Crippen molar-refractivity contribution < 1.29 is 33.3 Å². The molecule has 178 valence electrons. The van der Waals surface area contributed by atoms with Crippen molar-refractivity contribution >= 4 is 11.9 Å². The maximum absolute atomic E-state index is 13.1. The summed E-state index contributed by atoms with van der Waals surface area (Å²) >= 11 is 0. The average molecular weight is 459 g/mol. The lowest BCUT2D eigenvalue weighted by atomic mass is 9.78. The molecule has 0 spiro atoms. The van der Waals surface area contributed by atoms with Gasteiger partial charge in [-0.05, 0) is 43.0 Å². The van der Waals surface area contributed by atoms with Gasteiger partial charge in [-0.1, -0.05) is 6.07 Å². The summed E-state index contributed by atoms with van der Waals surface area (Å²) in [6.45, 7) is 1.40. The molecule has 3 unspecified atom stereocenters. The van der Waals surface area contributed by atoms with Crippen molar-refractivity contribution in [3.05, 3.63) is 41.5 Å². The molecule has 1 aliphatic rings. The topological polar surface area (TPSA) is 105 Å². The van der Waals surface area contributed by atoms with Gasteiger partial charge in [0, 0.05) is 24.9 Å². The summed E-state index contributed by atoms with van der Waals surface area (Å²) in [5, 5.41) is 3.12. The number of nitrogens with zero attached hydrogens (tertiary/aromatic N) is 1. The Morgan fingerprint density at radius 3 is 2.33 bits per heavy atom. The highest BCUT2D eigenvalue weighted by Crippen LogP contribution is 2.39. The number of methoxy groups -OCH3 is 4. The molecule has 0 aliphatic heterocycles. The average Bonchev–Trinajstić information content (AvgIpc) is 2.83. The first-order valence-electron chi connectivity index (χ1n) is 10.7. The van der Waals surface area contributed by atoms with Crippen molar-refractivity contribution in [2.45, 2.75) is 44.2 Å². The fourth-order valence-corrected chi connectivity index (χ4v) is 4.21. The number of ether oxygens (including phenoxy) is 5. The number of nitrogens with one attached hydrogen (secondary N) is 1. The molecule has 9 heteroatoms. The van der Waals surface area contributed by atoms with Crippen molar-refractivity contribution in [2.75, 3.05) is 28.4 Å². The first kappa shape index (κ1) is 24.2. The molecule has 1 amide bonds. The van der Waals surface area contributed by atoms with Gasteiger partial charge in [-0.15, -0.1) is 0 Å². The number of amides is 1. The monoisotopic (exact) mass is 458 g/mol. The van der Waals surface area contributed by atoms with Crippen LogP contribution in [0.2, 0.25) is 0 Å². The van der Waals surface area contributed by atoms with E-state index in [9.17, 15) is 9.59 Å². The lowest BCUT2D eigenvalue weighted by Crippen LogP contribution is -2.44. The van der Waals surface area contributed by atoms with Crippen LogP contribution >= 0.6 is 0 Å². The van der Waals surface area contributed by atoms with Crippen LogP contribution in [0.1, 0.15) is 48.0 Å².